The molecular formula is C55H40N4O. The lowest BCUT2D eigenvalue weighted by atomic mass is 9.95. The number of aromatic nitrogens is 2. The van der Waals surface area contributed by atoms with Crippen molar-refractivity contribution in [1.29, 1.82) is 0 Å². The van der Waals surface area contributed by atoms with E-state index in [2.05, 4.69) is 208 Å². The first-order valence-corrected chi connectivity index (χ1v) is 20.6. The third kappa shape index (κ3) is 5.30. The van der Waals surface area contributed by atoms with Crippen molar-refractivity contribution in [3.8, 4) is 33.7 Å². The molecule has 0 amide bonds. The van der Waals surface area contributed by atoms with Gasteiger partial charge < -0.3 is 19.2 Å². The number of ether oxygens (including phenoxy) is 1. The molecule has 286 valence electrons. The van der Waals surface area contributed by atoms with E-state index in [1.165, 1.54) is 71.1 Å². The number of nitrogens with one attached hydrogen (secondary N) is 2. The van der Waals surface area contributed by atoms with Gasteiger partial charge in [0.25, 0.3) is 0 Å². The van der Waals surface area contributed by atoms with E-state index in [4.69, 9.17) is 4.74 Å². The molecule has 60 heavy (non-hydrogen) atoms. The zero-order valence-electron chi connectivity index (χ0n) is 33.0. The van der Waals surface area contributed by atoms with E-state index in [1.807, 2.05) is 12.1 Å². The maximum atomic E-state index is 5.53. The number of fused-ring (bicyclic) bond motifs is 9. The Balaban J connectivity index is 1.07. The summed E-state index contributed by atoms with van der Waals surface area (Å²) in [5.74, 6) is 0.850. The van der Waals surface area contributed by atoms with E-state index in [0.29, 0.717) is 0 Å². The van der Waals surface area contributed by atoms with Crippen LogP contribution in [0.2, 0.25) is 0 Å². The highest BCUT2D eigenvalue weighted by atomic mass is 16.5. The summed E-state index contributed by atoms with van der Waals surface area (Å²) in [6.07, 6.45) is -0.340. The lowest BCUT2D eigenvalue weighted by Crippen LogP contribution is -2.40. The second kappa shape index (κ2) is 13.8. The minimum Gasteiger partial charge on any atom is -0.497 e. The molecule has 0 radical (unpaired) electrons. The molecule has 1 aliphatic rings. The van der Waals surface area contributed by atoms with E-state index in [9.17, 15) is 0 Å². The van der Waals surface area contributed by atoms with Crippen LogP contribution in [0.3, 0.4) is 0 Å². The van der Waals surface area contributed by atoms with Crippen LogP contribution >= 0.6 is 0 Å². The molecule has 2 unspecified atom stereocenters. The van der Waals surface area contributed by atoms with Crippen LogP contribution in [0.5, 0.6) is 5.75 Å². The van der Waals surface area contributed by atoms with Gasteiger partial charge in [0.15, 0.2) is 0 Å². The fraction of sp³-hybridized carbons (Fsp3) is 0.0545. The van der Waals surface area contributed by atoms with Gasteiger partial charge in [-0.05, 0) is 81.7 Å². The SMILES string of the molecule is COc1cccc(-c2ccc(C3Nc4c(ccc5ccccc45)C(n4c5ccccc5c5c(-c6cccc7c6c6ccccc6n7-c6ccccc6)cccc54)N3)cc2)c1. The highest BCUT2D eigenvalue weighted by Gasteiger charge is 2.32. The van der Waals surface area contributed by atoms with Crippen molar-refractivity contribution >= 4 is 60.1 Å². The number of methoxy groups -OCH3 is 1. The van der Waals surface area contributed by atoms with Crippen molar-refractivity contribution in [3.05, 3.63) is 211 Å². The molecule has 0 spiro atoms. The highest BCUT2D eigenvalue weighted by molar-refractivity contribution is 6.22. The molecule has 0 saturated heterocycles. The van der Waals surface area contributed by atoms with Gasteiger partial charge in [0.05, 0.1) is 34.9 Å². The molecule has 0 saturated carbocycles. The van der Waals surface area contributed by atoms with Gasteiger partial charge in [0, 0.05) is 38.2 Å². The first-order valence-electron chi connectivity index (χ1n) is 20.6. The number of benzene rings is 9. The van der Waals surface area contributed by atoms with Crippen LogP contribution in [0.15, 0.2) is 200 Å². The predicted molar refractivity (Wildman–Crippen MR) is 249 cm³/mol. The van der Waals surface area contributed by atoms with E-state index >= 15 is 0 Å². The lowest BCUT2D eigenvalue weighted by molar-refractivity contribution is 0.415. The molecule has 1 aliphatic heterocycles. The first-order chi connectivity index (χ1) is 29.7. The molecule has 2 aromatic heterocycles. The van der Waals surface area contributed by atoms with Crippen molar-refractivity contribution in [2.75, 3.05) is 12.4 Å². The van der Waals surface area contributed by atoms with Crippen molar-refractivity contribution in [3.63, 3.8) is 0 Å². The summed E-state index contributed by atoms with van der Waals surface area (Å²) >= 11 is 0. The van der Waals surface area contributed by atoms with Crippen LogP contribution in [-0.4, -0.2) is 16.2 Å². The van der Waals surface area contributed by atoms with Gasteiger partial charge in [-0.25, -0.2) is 0 Å². The molecule has 0 bridgehead atoms. The number of para-hydroxylation sites is 3. The van der Waals surface area contributed by atoms with Crippen LogP contribution in [0.4, 0.5) is 5.69 Å². The fourth-order valence-corrected chi connectivity index (χ4v) is 9.83. The zero-order chi connectivity index (χ0) is 39.7. The normalized spacial score (nSPS) is 15.2. The van der Waals surface area contributed by atoms with Gasteiger partial charge in [-0.3, -0.25) is 5.32 Å². The smallest absolute Gasteiger partial charge is 0.119 e. The Labute approximate surface area is 347 Å². The summed E-state index contributed by atoms with van der Waals surface area (Å²) in [6, 6.07) is 72.5. The van der Waals surface area contributed by atoms with E-state index in [0.717, 1.165) is 33.8 Å². The number of rotatable bonds is 6. The number of nitrogens with zero attached hydrogens (tertiary/aromatic N) is 2. The Hall–Kier alpha value is -7.60. The van der Waals surface area contributed by atoms with Crippen molar-refractivity contribution in [2.45, 2.75) is 12.3 Å². The monoisotopic (exact) mass is 772 g/mol. The van der Waals surface area contributed by atoms with Crippen LogP contribution in [0, 0.1) is 0 Å². The Morgan fingerprint density at radius 1 is 0.483 bits per heavy atom. The number of anilines is 1. The second-order valence-electron chi connectivity index (χ2n) is 15.7. The molecule has 2 N–H and O–H groups in total. The molecule has 3 heterocycles. The topological polar surface area (TPSA) is 43.1 Å². The minimum absolute atomic E-state index is 0.162. The molecule has 0 aliphatic carbocycles. The molecule has 9 aromatic carbocycles. The fourth-order valence-electron chi connectivity index (χ4n) is 9.83. The molecule has 2 atom stereocenters. The summed E-state index contributed by atoms with van der Waals surface area (Å²) in [7, 11) is 1.71. The average molecular weight is 773 g/mol. The van der Waals surface area contributed by atoms with Crippen LogP contribution < -0.4 is 15.4 Å². The lowest BCUT2D eigenvalue weighted by Gasteiger charge is -2.37. The van der Waals surface area contributed by atoms with E-state index in [1.54, 1.807) is 7.11 Å². The second-order valence-corrected chi connectivity index (χ2v) is 15.7. The molecule has 5 nitrogen and oxygen atoms in total. The Morgan fingerprint density at radius 2 is 1.12 bits per heavy atom. The average Bonchev–Trinajstić information content (AvgIpc) is 3.85. The summed E-state index contributed by atoms with van der Waals surface area (Å²) < 4.78 is 10.5. The predicted octanol–water partition coefficient (Wildman–Crippen LogP) is 13.6. The Bertz CT molecular complexity index is 3430. The summed E-state index contributed by atoms with van der Waals surface area (Å²) in [5.41, 5.74) is 14.2. The standard InChI is InChI=1S/C55H40N4O/c1-60-40-18-11-15-38(34-40)35-28-30-37(31-29-35)54-56-53-41-19-6-5-14-36(41)32-33-46(53)55(57-54)59-48-25-10-8-21-45(48)52-43(23-13-27-50(52)59)42-22-12-26-49-51(42)44-20-7-9-24-47(44)58(49)39-16-3-2-4-17-39/h2-34,54-57H,1H3. The Kier molecular flexibility index (Phi) is 7.90. The molecule has 11 aromatic rings. The maximum absolute atomic E-state index is 5.53. The molecule has 0 fully saturated rings. The zero-order valence-corrected chi connectivity index (χ0v) is 33.0. The van der Waals surface area contributed by atoms with Crippen molar-refractivity contribution < 1.29 is 4.74 Å². The largest absolute Gasteiger partial charge is 0.497 e. The number of hydrogen-bond acceptors (Lipinski definition) is 3. The highest BCUT2D eigenvalue weighted by Crippen LogP contribution is 2.46. The third-order valence-corrected chi connectivity index (χ3v) is 12.5. The molecule has 5 heteroatoms. The molecule has 12 rings (SSSR count). The summed E-state index contributed by atoms with van der Waals surface area (Å²) in [4.78, 5) is 0. The molecular weight excluding hydrogens is 733 g/mol. The van der Waals surface area contributed by atoms with Gasteiger partial charge in [-0.15, -0.1) is 0 Å². The third-order valence-electron chi connectivity index (χ3n) is 12.5. The maximum Gasteiger partial charge on any atom is 0.119 e. The van der Waals surface area contributed by atoms with Crippen molar-refractivity contribution in [1.82, 2.24) is 14.5 Å². The van der Waals surface area contributed by atoms with Gasteiger partial charge >= 0.3 is 0 Å². The summed E-state index contributed by atoms with van der Waals surface area (Å²) in [5, 5.41) is 15.5. The van der Waals surface area contributed by atoms with Crippen LogP contribution in [-0.2, 0) is 0 Å². The van der Waals surface area contributed by atoms with Gasteiger partial charge in [0.1, 0.15) is 18.1 Å². The van der Waals surface area contributed by atoms with Gasteiger partial charge in [0.2, 0.25) is 0 Å². The van der Waals surface area contributed by atoms with Gasteiger partial charge in [-0.1, -0.05) is 152 Å². The van der Waals surface area contributed by atoms with Crippen molar-refractivity contribution in [2.24, 2.45) is 0 Å². The van der Waals surface area contributed by atoms with E-state index < -0.39 is 0 Å². The van der Waals surface area contributed by atoms with Gasteiger partial charge in [-0.2, -0.15) is 0 Å². The van der Waals surface area contributed by atoms with E-state index in [-0.39, 0.29) is 12.3 Å². The van der Waals surface area contributed by atoms with Crippen LogP contribution in [0.25, 0.3) is 82.3 Å². The van der Waals surface area contributed by atoms with Crippen LogP contribution in [0.1, 0.15) is 23.5 Å². The number of hydrogen-bond donors (Lipinski definition) is 2. The Morgan fingerprint density at radius 3 is 1.90 bits per heavy atom. The first kappa shape index (κ1) is 34.4. The summed E-state index contributed by atoms with van der Waals surface area (Å²) in [6.45, 7) is 0. The minimum atomic E-state index is -0.178. The quantitative estimate of drug-likeness (QED) is 0.177.